The van der Waals surface area contributed by atoms with Gasteiger partial charge in [-0.1, -0.05) is 12.1 Å². The van der Waals surface area contributed by atoms with Crippen LogP contribution < -0.4 is 0 Å². The van der Waals surface area contributed by atoms with Crippen molar-refractivity contribution in [3.05, 3.63) is 54.7 Å². The molecule has 0 amide bonds. The number of Topliss-reactive ketones (excluding diaryl/α,β-unsaturated/α-hetero) is 1. The van der Waals surface area contributed by atoms with Crippen LogP contribution in [0.25, 0.3) is 0 Å². The number of aromatic hydroxyl groups is 2. The molecule has 5 heteroatoms. The maximum Gasteiger partial charge on any atom is 0.133 e. The van der Waals surface area contributed by atoms with Crippen LogP contribution in [-0.4, -0.2) is 16.0 Å². The van der Waals surface area contributed by atoms with Gasteiger partial charge in [0.1, 0.15) is 17.3 Å². The molecule has 0 unspecified atom stereocenters. The second-order valence-corrected chi connectivity index (χ2v) is 7.58. The number of hydrogen-bond donors (Lipinski definition) is 2. The SMILES string of the molecule is O=C(CCc1ccc(I)cc1O)CCc1ccc(I)cc1O. The first-order chi connectivity index (χ1) is 10.5. The molecule has 0 saturated carbocycles. The maximum absolute atomic E-state index is 12.0. The zero-order chi connectivity index (χ0) is 16.1. The monoisotopic (exact) mass is 522 g/mol. The third-order valence-electron chi connectivity index (χ3n) is 3.44. The van der Waals surface area contributed by atoms with E-state index in [4.69, 9.17) is 0 Å². The lowest BCUT2D eigenvalue weighted by atomic mass is 10.0. The van der Waals surface area contributed by atoms with E-state index in [0.29, 0.717) is 25.7 Å². The molecule has 0 spiro atoms. The number of aryl methyl sites for hydroxylation is 2. The van der Waals surface area contributed by atoms with Crippen LogP contribution in [0.15, 0.2) is 36.4 Å². The molecule has 0 aliphatic carbocycles. The quantitative estimate of drug-likeness (QED) is 0.552. The highest BCUT2D eigenvalue weighted by molar-refractivity contribution is 14.1. The summed E-state index contributed by atoms with van der Waals surface area (Å²) in [7, 11) is 0. The molecule has 0 bridgehead atoms. The van der Waals surface area contributed by atoms with Crippen LogP contribution in [0.2, 0.25) is 0 Å². The average Bonchev–Trinajstić information content (AvgIpc) is 2.45. The second kappa shape index (κ2) is 8.14. The minimum atomic E-state index is 0.135. The van der Waals surface area contributed by atoms with Gasteiger partial charge in [-0.15, -0.1) is 0 Å². The number of ketones is 1. The molecule has 0 heterocycles. The second-order valence-electron chi connectivity index (χ2n) is 5.08. The van der Waals surface area contributed by atoms with Gasteiger partial charge in [0.05, 0.1) is 0 Å². The summed E-state index contributed by atoms with van der Waals surface area (Å²) in [5.41, 5.74) is 1.59. The van der Waals surface area contributed by atoms with E-state index in [-0.39, 0.29) is 17.3 Å². The predicted molar refractivity (Wildman–Crippen MR) is 103 cm³/mol. The maximum atomic E-state index is 12.0. The molecule has 0 aliphatic rings. The molecule has 22 heavy (non-hydrogen) atoms. The molecule has 2 N–H and O–H groups in total. The third-order valence-corrected chi connectivity index (χ3v) is 4.78. The molecular formula is C17H16I2O3. The molecule has 0 aliphatic heterocycles. The molecule has 0 aromatic heterocycles. The van der Waals surface area contributed by atoms with Crippen molar-refractivity contribution in [3.8, 4) is 11.5 Å². The largest absolute Gasteiger partial charge is 0.508 e. The molecule has 2 aromatic rings. The Morgan fingerprint density at radius 2 is 1.23 bits per heavy atom. The number of halogens is 2. The summed E-state index contributed by atoms with van der Waals surface area (Å²) >= 11 is 4.28. The van der Waals surface area contributed by atoms with Gasteiger partial charge in [0.25, 0.3) is 0 Å². The van der Waals surface area contributed by atoms with E-state index in [0.717, 1.165) is 18.3 Å². The van der Waals surface area contributed by atoms with Gasteiger partial charge in [-0.05, 0) is 93.4 Å². The highest BCUT2D eigenvalue weighted by atomic mass is 127. The highest BCUT2D eigenvalue weighted by Gasteiger charge is 2.09. The number of benzene rings is 2. The van der Waals surface area contributed by atoms with Gasteiger partial charge in [-0.25, -0.2) is 0 Å². The lowest BCUT2D eigenvalue weighted by molar-refractivity contribution is -0.119. The van der Waals surface area contributed by atoms with E-state index in [2.05, 4.69) is 45.2 Å². The van der Waals surface area contributed by atoms with Crippen molar-refractivity contribution in [3.63, 3.8) is 0 Å². The van der Waals surface area contributed by atoms with E-state index >= 15 is 0 Å². The Morgan fingerprint density at radius 1 is 0.818 bits per heavy atom. The zero-order valence-corrected chi connectivity index (χ0v) is 16.2. The van der Waals surface area contributed by atoms with Gasteiger partial charge >= 0.3 is 0 Å². The van der Waals surface area contributed by atoms with Crippen molar-refractivity contribution in [1.29, 1.82) is 0 Å². The Kier molecular flexibility index (Phi) is 6.49. The first kappa shape index (κ1) is 17.5. The van der Waals surface area contributed by atoms with Crippen LogP contribution in [-0.2, 0) is 17.6 Å². The number of hydrogen-bond acceptors (Lipinski definition) is 3. The molecule has 116 valence electrons. The van der Waals surface area contributed by atoms with Crippen LogP contribution in [0.3, 0.4) is 0 Å². The van der Waals surface area contributed by atoms with Crippen LogP contribution in [0.4, 0.5) is 0 Å². The molecular weight excluding hydrogens is 506 g/mol. The Labute approximate surface area is 157 Å². The Bertz CT molecular complexity index is 626. The molecule has 3 nitrogen and oxygen atoms in total. The lowest BCUT2D eigenvalue weighted by Gasteiger charge is -2.06. The van der Waals surface area contributed by atoms with Crippen molar-refractivity contribution in [2.45, 2.75) is 25.7 Å². The van der Waals surface area contributed by atoms with Crippen molar-refractivity contribution < 1.29 is 15.0 Å². The zero-order valence-electron chi connectivity index (χ0n) is 11.9. The summed E-state index contributed by atoms with van der Waals surface area (Å²) in [6.45, 7) is 0. The molecule has 2 rings (SSSR count). The topological polar surface area (TPSA) is 57.5 Å². The van der Waals surface area contributed by atoms with Gasteiger partial charge < -0.3 is 10.2 Å². The first-order valence-corrected chi connectivity index (χ1v) is 9.08. The minimum absolute atomic E-state index is 0.135. The Hall–Kier alpha value is -0.830. The number of phenols is 2. The first-order valence-electron chi connectivity index (χ1n) is 6.92. The van der Waals surface area contributed by atoms with Crippen molar-refractivity contribution in [2.24, 2.45) is 0 Å². The van der Waals surface area contributed by atoms with Crippen molar-refractivity contribution >= 4 is 51.0 Å². The number of phenolic OH excluding ortho intramolecular Hbond substituents is 2. The third kappa shape index (κ3) is 5.12. The number of rotatable bonds is 6. The highest BCUT2D eigenvalue weighted by Crippen LogP contribution is 2.23. The fourth-order valence-corrected chi connectivity index (χ4v) is 3.12. The fourth-order valence-electron chi connectivity index (χ4n) is 2.17. The molecule has 0 fully saturated rings. The molecule has 0 radical (unpaired) electrons. The van der Waals surface area contributed by atoms with E-state index in [1.54, 1.807) is 12.1 Å². The Balaban J connectivity index is 1.85. The minimum Gasteiger partial charge on any atom is -0.508 e. The Morgan fingerprint density at radius 3 is 1.59 bits per heavy atom. The van der Waals surface area contributed by atoms with Crippen LogP contribution in [0, 0.1) is 7.14 Å². The van der Waals surface area contributed by atoms with E-state index in [9.17, 15) is 15.0 Å². The van der Waals surface area contributed by atoms with Crippen molar-refractivity contribution in [1.82, 2.24) is 0 Å². The smallest absolute Gasteiger partial charge is 0.133 e. The van der Waals surface area contributed by atoms with Crippen molar-refractivity contribution in [2.75, 3.05) is 0 Å². The predicted octanol–water partition coefficient (Wildman–Crippen LogP) is 4.44. The average molecular weight is 522 g/mol. The van der Waals surface area contributed by atoms with Crippen LogP contribution in [0.1, 0.15) is 24.0 Å². The summed E-state index contributed by atoms with van der Waals surface area (Å²) < 4.78 is 1.94. The fraction of sp³-hybridized carbons (Fsp3) is 0.235. The number of carbonyl (C=O) groups excluding carboxylic acids is 1. The standard InChI is InChI=1S/C17H16I2O3/c18-13-5-1-11(16(21)9-13)3-7-15(20)8-4-12-2-6-14(19)10-17(12)22/h1-2,5-6,9-10,21-22H,3-4,7-8H2. The molecule has 2 aromatic carbocycles. The number of carbonyl (C=O) groups is 1. The van der Waals surface area contributed by atoms with Gasteiger partial charge in [0.15, 0.2) is 0 Å². The van der Waals surface area contributed by atoms with E-state index in [1.165, 1.54) is 0 Å². The lowest BCUT2D eigenvalue weighted by Crippen LogP contribution is -2.02. The molecule has 0 atom stereocenters. The summed E-state index contributed by atoms with van der Waals surface area (Å²) in [5.74, 6) is 0.626. The van der Waals surface area contributed by atoms with Gasteiger partial charge in [-0.2, -0.15) is 0 Å². The normalized spacial score (nSPS) is 10.6. The van der Waals surface area contributed by atoms with E-state index in [1.807, 2.05) is 24.3 Å². The summed E-state index contributed by atoms with van der Waals surface area (Å²) in [6, 6.07) is 11.0. The van der Waals surface area contributed by atoms with E-state index < -0.39 is 0 Å². The summed E-state index contributed by atoms with van der Waals surface area (Å²) in [4.78, 5) is 12.0. The van der Waals surface area contributed by atoms with Crippen LogP contribution >= 0.6 is 45.2 Å². The van der Waals surface area contributed by atoms with Gasteiger partial charge in [0.2, 0.25) is 0 Å². The molecule has 0 saturated heterocycles. The van der Waals surface area contributed by atoms with Crippen LogP contribution in [0.5, 0.6) is 11.5 Å². The van der Waals surface area contributed by atoms with Gasteiger partial charge in [0, 0.05) is 20.0 Å². The summed E-state index contributed by atoms with van der Waals surface area (Å²) in [6.07, 6.45) is 1.89. The van der Waals surface area contributed by atoms with Gasteiger partial charge in [-0.3, -0.25) is 4.79 Å². The summed E-state index contributed by atoms with van der Waals surface area (Å²) in [5, 5.41) is 19.6.